The molecular formula is C20H33IN4O3S2. The third-order valence-electron chi connectivity index (χ3n) is 5.04. The number of halogens is 1. The smallest absolute Gasteiger partial charge is 0.240 e. The number of sulfonamides is 1. The Kier molecular flexibility index (Phi) is 11.2. The van der Waals surface area contributed by atoms with Crippen molar-refractivity contribution >= 4 is 51.7 Å². The number of thioether (sulfide) groups is 1. The Balaban J connectivity index is 0.00000320. The molecule has 3 rings (SSSR count). The summed E-state index contributed by atoms with van der Waals surface area (Å²) in [5.41, 5.74) is 0.968. The zero-order valence-corrected chi connectivity index (χ0v) is 21.4. The molecule has 0 saturated carbocycles. The molecule has 170 valence electrons. The molecule has 1 aromatic rings. The Labute approximate surface area is 201 Å². The highest BCUT2D eigenvalue weighted by Gasteiger charge is 2.20. The van der Waals surface area contributed by atoms with Gasteiger partial charge < -0.3 is 15.4 Å². The Bertz CT molecular complexity index is 763. The minimum atomic E-state index is -3.52. The van der Waals surface area contributed by atoms with Gasteiger partial charge in [0.25, 0.3) is 0 Å². The van der Waals surface area contributed by atoms with Gasteiger partial charge in [-0.3, -0.25) is 0 Å². The van der Waals surface area contributed by atoms with Gasteiger partial charge in [0.05, 0.1) is 17.5 Å². The second kappa shape index (κ2) is 13.1. The summed E-state index contributed by atoms with van der Waals surface area (Å²) in [6, 6.07) is 6.91. The molecule has 10 heteroatoms. The molecule has 30 heavy (non-hydrogen) atoms. The maximum absolute atomic E-state index is 12.4. The van der Waals surface area contributed by atoms with E-state index in [2.05, 4.69) is 20.3 Å². The minimum absolute atomic E-state index is 0. The molecule has 7 nitrogen and oxygen atoms in total. The van der Waals surface area contributed by atoms with Gasteiger partial charge in [-0.1, -0.05) is 12.1 Å². The van der Waals surface area contributed by atoms with Crippen LogP contribution in [0, 0.1) is 0 Å². The van der Waals surface area contributed by atoms with Crippen LogP contribution in [0.25, 0.3) is 0 Å². The molecule has 2 atom stereocenters. The van der Waals surface area contributed by atoms with E-state index in [9.17, 15) is 8.42 Å². The molecule has 0 spiro atoms. The van der Waals surface area contributed by atoms with E-state index in [1.807, 2.05) is 30.8 Å². The molecular weight excluding hydrogens is 535 g/mol. The predicted octanol–water partition coefficient (Wildman–Crippen LogP) is 2.71. The number of benzene rings is 1. The summed E-state index contributed by atoms with van der Waals surface area (Å²) in [5.74, 6) is 2.05. The van der Waals surface area contributed by atoms with Gasteiger partial charge in [0.2, 0.25) is 10.0 Å². The van der Waals surface area contributed by atoms with Crippen molar-refractivity contribution in [1.29, 1.82) is 0 Å². The normalized spacial score (nSPS) is 22.0. The van der Waals surface area contributed by atoms with Gasteiger partial charge in [-0.25, -0.2) is 18.1 Å². The van der Waals surface area contributed by atoms with Crippen molar-refractivity contribution in [1.82, 2.24) is 15.4 Å². The number of ether oxygens (including phenoxy) is 1. The third-order valence-corrected chi connectivity index (χ3v) is 7.88. The van der Waals surface area contributed by atoms with Crippen LogP contribution in [-0.4, -0.2) is 57.7 Å². The number of hydrogen-bond donors (Lipinski definition) is 3. The van der Waals surface area contributed by atoms with Crippen molar-refractivity contribution < 1.29 is 13.2 Å². The summed E-state index contributed by atoms with van der Waals surface area (Å²) in [6.45, 7) is 5.30. The van der Waals surface area contributed by atoms with E-state index in [1.165, 1.54) is 18.6 Å². The average molecular weight is 569 g/mol. The standard InChI is InChI=1S/C20H32N4O3S2.HI/c1-2-21-20(23-15-18-6-4-12-28-18)22-13-16-7-9-19(10-8-16)29(25,26)24-14-17-5-3-11-27-17;/h7-10,17-18,24H,2-6,11-15H2,1H3,(H2,21,22,23);1H. The van der Waals surface area contributed by atoms with Crippen LogP contribution in [0.3, 0.4) is 0 Å². The molecule has 1 aromatic carbocycles. The van der Waals surface area contributed by atoms with Gasteiger partial charge in [0.15, 0.2) is 5.96 Å². The summed E-state index contributed by atoms with van der Waals surface area (Å²) < 4.78 is 33.0. The Morgan fingerprint density at radius 1 is 1.17 bits per heavy atom. The topological polar surface area (TPSA) is 91.8 Å². The summed E-state index contributed by atoms with van der Waals surface area (Å²) in [4.78, 5) is 4.90. The maximum Gasteiger partial charge on any atom is 0.240 e. The lowest BCUT2D eigenvalue weighted by Crippen LogP contribution is -2.40. The summed E-state index contributed by atoms with van der Waals surface area (Å²) in [7, 11) is -3.52. The molecule has 2 saturated heterocycles. The van der Waals surface area contributed by atoms with Crippen LogP contribution < -0.4 is 15.4 Å². The highest BCUT2D eigenvalue weighted by Crippen LogP contribution is 2.25. The molecule has 0 aromatic heterocycles. The maximum atomic E-state index is 12.4. The first-order chi connectivity index (χ1) is 14.1. The number of nitrogens with one attached hydrogen (secondary N) is 3. The number of nitrogens with zero attached hydrogens (tertiary/aromatic N) is 1. The van der Waals surface area contributed by atoms with Gasteiger partial charge in [-0.2, -0.15) is 11.8 Å². The molecule has 2 aliphatic heterocycles. The first-order valence-electron chi connectivity index (χ1n) is 10.4. The minimum Gasteiger partial charge on any atom is -0.377 e. The second-order valence-electron chi connectivity index (χ2n) is 7.34. The quantitative estimate of drug-likeness (QED) is 0.241. The van der Waals surface area contributed by atoms with Gasteiger partial charge >= 0.3 is 0 Å². The van der Waals surface area contributed by atoms with Crippen LogP contribution in [0.1, 0.15) is 38.2 Å². The van der Waals surface area contributed by atoms with Crippen LogP contribution >= 0.6 is 35.7 Å². The highest BCUT2D eigenvalue weighted by molar-refractivity contribution is 14.0. The number of aliphatic imine (C=N–C) groups is 1. The lowest BCUT2D eigenvalue weighted by Gasteiger charge is -2.14. The van der Waals surface area contributed by atoms with Crippen LogP contribution in [0.2, 0.25) is 0 Å². The monoisotopic (exact) mass is 568 g/mol. The van der Waals surface area contributed by atoms with Crippen molar-refractivity contribution in [2.24, 2.45) is 4.99 Å². The van der Waals surface area contributed by atoms with Crippen molar-refractivity contribution in [2.45, 2.75) is 55.4 Å². The van der Waals surface area contributed by atoms with Gasteiger partial charge in [0, 0.05) is 31.5 Å². The molecule has 2 unspecified atom stereocenters. The predicted molar refractivity (Wildman–Crippen MR) is 134 cm³/mol. The van der Waals surface area contributed by atoms with Crippen LogP contribution in [0.4, 0.5) is 0 Å². The van der Waals surface area contributed by atoms with E-state index in [0.717, 1.165) is 37.5 Å². The van der Waals surface area contributed by atoms with E-state index in [1.54, 1.807) is 12.1 Å². The first kappa shape index (κ1) is 25.7. The van der Waals surface area contributed by atoms with Gasteiger partial charge in [-0.05, 0) is 56.1 Å². The first-order valence-corrected chi connectivity index (χ1v) is 12.9. The SMILES string of the molecule is CCNC(=NCc1ccc(S(=O)(=O)NCC2CCCO2)cc1)NCC1CCCS1.I. The molecule has 0 radical (unpaired) electrons. The Hall–Kier alpha value is -0.560. The Morgan fingerprint density at radius 3 is 2.60 bits per heavy atom. The van der Waals surface area contributed by atoms with E-state index in [0.29, 0.717) is 24.9 Å². The van der Waals surface area contributed by atoms with Crippen LogP contribution in [-0.2, 0) is 21.3 Å². The zero-order valence-electron chi connectivity index (χ0n) is 17.4. The number of hydrogen-bond acceptors (Lipinski definition) is 5. The van der Waals surface area contributed by atoms with E-state index in [-0.39, 0.29) is 35.0 Å². The van der Waals surface area contributed by atoms with Crippen LogP contribution in [0.5, 0.6) is 0 Å². The molecule has 0 amide bonds. The molecule has 0 aliphatic carbocycles. The number of rotatable bonds is 9. The molecule has 3 N–H and O–H groups in total. The average Bonchev–Trinajstić information content (AvgIpc) is 3.43. The van der Waals surface area contributed by atoms with Crippen molar-refractivity contribution in [2.75, 3.05) is 32.0 Å². The fourth-order valence-electron chi connectivity index (χ4n) is 3.39. The van der Waals surface area contributed by atoms with Gasteiger partial charge in [0.1, 0.15) is 0 Å². The zero-order chi connectivity index (χ0) is 20.5. The van der Waals surface area contributed by atoms with Crippen molar-refractivity contribution in [3.63, 3.8) is 0 Å². The van der Waals surface area contributed by atoms with E-state index < -0.39 is 10.0 Å². The highest BCUT2D eigenvalue weighted by atomic mass is 127. The Morgan fingerprint density at radius 2 is 1.97 bits per heavy atom. The van der Waals surface area contributed by atoms with Crippen molar-refractivity contribution in [3.8, 4) is 0 Å². The van der Waals surface area contributed by atoms with Crippen LogP contribution in [0.15, 0.2) is 34.2 Å². The summed E-state index contributed by atoms with van der Waals surface area (Å²) in [5, 5.41) is 7.34. The summed E-state index contributed by atoms with van der Waals surface area (Å²) in [6.07, 6.45) is 4.43. The lowest BCUT2D eigenvalue weighted by atomic mass is 10.2. The largest absolute Gasteiger partial charge is 0.377 e. The lowest BCUT2D eigenvalue weighted by molar-refractivity contribution is 0.114. The van der Waals surface area contributed by atoms with E-state index in [4.69, 9.17) is 4.74 Å². The summed E-state index contributed by atoms with van der Waals surface area (Å²) >= 11 is 2.02. The molecule has 0 bridgehead atoms. The molecule has 2 fully saturated rings. The molecule has 2 heterocycles. The van der Waals surface area contributed by atoms with Crippen molar-refractivity contribution in [3.05, 3.63) is 29.8 Å². The van der Waals surface area contributed by atoms with E-state index >= 15 is 0 Å². The van der Waals surface area contributed by atoms with Gasteiger partial charge in [-0.15, -0.1) is 24.0 Å². The number of guanidine groups is 1. The third kappa shape index (κ3) is 8.18. The fourth-order valence-corrected chi connectivity index (χ4v) is 5.66. The molecule has 2 aliphatic rings. The second-order valence-corrected chi connectivity index (χ2v) is 10.5. The fraction of sp³-hybridized carbons (Fsp3) is 0.650.